The standard InChI is InChI=1S/C9H11NO/c10-9-8(11-9)6-7-4-2-1-3-5-7/h1-5,8-9H,6,10H2. The topological polar surface area (TPSA) is 38.5 Å². The van der Waals surface area contributed by atoms with Gasteiger partial charge in [0.15, 0.2) is 0 Å². The van der Waals surface area contributed by atoms with E-state index in [2.05, 4.69) is 12.1 Å². The number of epoxide rings is 1. The zero-order valence-electron chi connectivity index (χ0n) is 6.23. The molecule has 0 radical (unpaired) electrons. The highest BCUT2D eigenvalue weighted by Gasteiger charge is 2.34. The molecule has 1 saturated heterocycles. The summed E-state index contributed by atoms with van der Waals surface area (Å²) in [6.07, 6.45) is 1.19. The van der Waals surface area contributed by atoms with Crippen LogP contribution in [0.25, 0.3) is 0 Å². The summed E-state index contributed by atoms with van der Waals surface area (Å²) in [7, 11) is 0. The largest absolute Gasteiger partial charge is 0.353 e. The van der Waals surface area contributed by atoms with Gasteiger partial charge in [-0.1, -0.05) is 30.3 Å². The maximum atomic E-state index is 5.49. The fourth-order valence-electron chi connectivity index (χ4n) is 1.17. The van der Waals surface area contributed by atoms with E-state index in [0.29, 0.717) is 0 Å². The predicted octanol–water partition coefficient (Wildman–Crippen LogP) is 0.913. The lowest BCUT2D eigenvalue weighted by atomic mass is 10.1. The summed E-state index contributed by atoms with van der Waals surface area (Å²) in [5.41, 5.74) is 6.79. The normalized spacial score (nSPS) is 28.5. The molecule has 0 aliphatic carbocycles. The second kappa shape index (κ2) is 2.64. The Morgan fingerprint density at radius 1 is 1.27 bits per heavy atom. The van der Waals surface area contributed by atoms with Crippen LogP contribution in [0, 0.1) is 0 Å². The van der Waals surface area contributed by atoms with Crippen molar-refractivity contribution in [1.29, 1.82) is 0 Å². The fourth-order valence-corrected chi connectivity index (χ4v) is 1.17. The van der Waals surface area contributed by atoms with Crippen LogP contribution in [0.3, 0.4) is 0 Å². The molecule has 2 N–H and O–H groups in total. The summed E-state index contributed by atoms with van der Waals surface area (Å²) in [6, 6.07) is 10.3. The second-order valence-corrected chi connectivity index (χ2v) is 2.83. The molecule has 1 aliphatic rings. The summed E-state index contributed by atoms with van der Waals surface area (Å²) in [6.45, 7) is 0. The van der Waals surface area contributed by atoms with Gasteiger partial charge in [-0.15, -0.1) is 0 Å². The smallest absolute Gasteiger partial charge is 0.133 e. The average Bonchev–Trinajstić information content (AvgIpc) is 2.69. The van der Waals surface area contributed by atoms with Crippen molar-refractivity contribution in [2.24, 2.45) is 5.73 Å². The Bertz CT molecular complexity index is 235. The van der Waals surface area contributed by atoms with Gasteiger partial charge in [0.05, 0.1) is 0 Å². The van der Waals surface area contributed by atoms with Crippen LogP contribution in [0.5, 0.6) is 0 Å². The number of rotatable bonds is 2. The van der Waals surface area contributed by atoms with Crippen LogP contribution >= 0.6 is 0 Å². The minimum absolute atomic E-state index is 0.0183. The third-order valence-corrected chi connectivity index (χ3v) is 1.90. The van der Waals surface area contributed by atoms with E-state index in [1.54, 1.807) is 0 Å². The van der Waals surface area contributed by atoms with Crippen LogP contribution in [0.15, 0.2) is 30.3 Å². The van der Waals surface area contributed by atoms with Gasteiger partial charge in [0.2, 0.25) is 0 Å². The first kappa shape index (κ1) is 6.83. The highest BCUT2D eigenvalue weighted by atomic mass is 16.6. The molecule has 2 unspecified atom stereocenters. The van der Waals surface area contributed by atoms with Gasteiger partial charge in [0.1, 0.15) is 12.3 Å². The molecule has 2 heteroatoms. The Balaban J connectivity index is 1.97. The highest BCUT2D eigenvalue weighted by molar-refractivity contribution is 5.16. The van der Waals surface area contributed by atoms with Crippen LogP contribution < -0.4 is 5.73 Å². The van der Waals surface area contributed by atoms with Gasteiger partial charge in [-0.05, 0) is 5.56 Å². The Labute approximate surface area is 66.0 Å². The molecular weight excluding hydrogens is 138 g/mol. The SMILES string of the molecule is NC1OC1Cc1ccccc1. The molecule has 0 spiro atoms. The molecule has 1 aliphatic heterocycles. The highest BCUT2D eigenvalue weighted by Crippen LogP contribution is 2.20. The maximum absolute atomic E-state index is 5.49. The molecule has 0 bridgehead atoms. The maximum Gasteiger partial charge on any atom is 0.133 e. The van der Waals surface area contributed by atoms with Crippen molar-refractivity contribution in [3.63, 3.8) is 0 Å². The van der Waals surface area contributed by atoms with E-state index in [-0.39, 0.29) is 12.3 Å². The summed E-state index contributed by atoms with van der Waals surface area (Å²) < 4.78 is 5.10. The van der Waals surface area contributed by atoms with Gasteiger partial charge in [0, 0.05) is 6.42 Å². The fraction of sp³-hybridized carbons (Fsp3) is 0.333. The summed E-state index contributed by atoms with van der Waals surface area (Å²) >= 11 is 0. The van der Waals surface area contributed by atoms with Gasteiger partial charge >= 0.3 is 0 Å². The molecule has 2 nitrogen and oxygen atoms in total. The molecule has 1 heterocycles. The van der Waals surface area contributed by atoms with Crippen LogP contribution in [0.4, 0.5) is 0 Å². The second-order valence-electron chi connectivity index (χ2n) is 2.83. The van der Waals surface area contributed by atoms with Crippen LogP contribution in [0.1, 0.15) is 5.56 Å². The minimum atomic E-state index is -0.0183. The number of nitrogens with two attached hydrogens (primary N) is 1. The first-order valence-corrected chi connectivity index (χ1v) is 3.81. The number of hydrogen-bond donors (Lipinski definition) is 1. The van der Waals surface area contributed by atoms with E-state index in [0.717, 1.165) is 6.42 Å². The van der Waals surface area contributed by atoms with Crippen LogP contribution in [-0.4, -0.2) is 12.3 Å². The Morgan fingerprint density at radius 3 is 2.45 bits per heavy atom. The number of hydrogen-bond acceptors (Lipinski definition) is 2. The molecular formula is C9H11NO. The lowest BCUT2D eigenvalue weighted by molar-refractivity contribution is 0.373. The van der Waals surface area contributed by atoms with E-state index in [4.69, 9.17) is 10.5 Å². The van der Waals surface area contributed by atoms with Crippen molar-refractivity contribution < 1.29 is 4.74 Å². The molecule has 0 saturated carbocycles. The lowest BCUT2D eigenvalue weighted by Gasteiger charge is -1.94. The summed E-state index contributed by atoms with van der Waals surface area (Å²) in [5.74, 6) is 0. The quantitative estimate of drug-likeness (QED) is 0.635. The van der Waals surface area contributed by atoms with E-state index < -0.39 is 0 Å². The number of ether oxygens (including phenoxy) is 1. The van der Waals surface area contributed by atoms with Crippen molar-refractivity contribution in [3.8, 4) is 0 Å². The molecule has 58 valence electrons. The third-order valence-electron chi connectivity index (χ3n) is 1.90. The van der Waals surface area contributed by atoms with E-state index >= 15 is 0 Å². The molecule has 2 atom stereocenters. The van der Waals surface area contributed by atoms with Gasteiger partial charge < -0.3 is 10.5 Å². The van der Waals surface area contributed by atoms with Crippen LogP contribution in [-0.2, 0) is 11.2 Å². The predicted molar refractivity (Wildman–Crippen MR) is 43.0 cm³/mol. The summed E-state index contributed by atoms with van der Waals surface area (Å²) in [5, 5.41) is 0. The minimum Gasteiger partial charge on any atom is -0.353 e. The van der Waals surface area contributed by atoms with E-state index in [1.165, 1.54) is 5.56 Å². The van der Waals surface area contributed by atoms with Crippen molar-refractivity contribution in [2.45, 2.75) is 18.8 Å². The van der Waals surface area contributed by atoms with Crippen LogP contribution in [0.2, 0.25) is 0 Å². The van der Waals surface area contributed by atoms with Crippen molar-refractivity contribution in [1.82, 2.24) is 0 Å². The Morgan fingerprint density at radius 2 is 1.91 bits per heavy atom. The Hall–Kier alpha value is -0.860. The molecule has 11 heavy (non-hydrogen) atoms. The molecule has 2 rings (SSSR count). The van der Waals surface area contributed by atoms with E-state index in [9.17, 15) is 0 Å². The van der Waals surface area contributed by atoms with Crippen molar-refractivity contribution in [3.05, 3.63) is 35.9 Å². The van der Waals surface area contributed by atoms with Gasteiger partial charge in [-0.2, -0.15) is 0 Å². The third kappa shape index (κ3) is 1.59. The number of benzene rings is 1. The van der Waals surface area contributed by atoms with Gasteiger partial charge in [-0.3, -0.25) is 0 Å². The van der Waals surface area contributed by atoms with Crippen molar-refractivity contribution in [2.75, 3.05) is 0 Å². The molecule has 1 fully saturated rings. The van der Waals surface area contributed by atoms with Gasteiger partial charge in [-0.25, -0.2) is 0 Å². The Kier molecular flexibility index (Phi) is 1.64. The molecule has 0 aromatic heterocycles. The molecule has 1 aromatic rings. The first-order chi connectivity index (χ1) is 5.36. The lowest BCUT2D eigenvalue weighted by Crippen LogP contribution is -2.07. The zero-order valence-corrected chi connectivity index (χ0v) is 6.23. The average molecular weight is 149 g/mol. The van der Waals surface area contributed by atoms with Crippen molar-refractivity contribution >= 4 is 0 Å². The summed E-state index contributed by atoms with van der Waals surface area (Å²) in [4.78, 5) is 0. The molecule has 0 amide bonds. The van der Waals surface area contributed by atoms with Gasteiger partial charge in [0.25, 0.3) is 0 Å². The monoisotopic (exact) mass is 149 g/mol. The van der Waals surface area contributed by atoms with E-state index in [1.807, 2.05) is 18.2 Å². The first-order valence-electron chi connectivity index (χ1n) is 3.81. The molecule has 1 aromatic carbocycles. The zero-order chi connectivity index (χ0) is 7.68.